The molecule has 2 amide bonds. The predicted octanol–water partition coefficient (Wildman–Crippen LogP) is 3.36. The molecule has 0 unspecified atom stereocenters. The van der Waals surface area contributed by atoms with Crippen LogP contribution in [0.4, 0.5) is 10.7 Å². The van der Waals surface area contributed by atoms with Crippen molar-refractivity contribution in [3.8, 4) is 0 Å². The van der Waals surface area contributed by atoms with Gasteiger partial charge in [0.15, 0.2) is 0 Å². The third-order valence-electron chi connectivity index (χ3n) is 5.35. The SMILES string of the molecule is O=C1NC(=O)/C(=C/c2ccnc(N[C@H]3CC[C@@H](NCCc4ccccc4)CC3)n2)S1. The maximum Gasteiger partial charge on any atom is 0.290 e. The molecule has 156 valence electrons. The Hall–Kier alpha value is -2.71. The lowest BCUT2D eigenvalue weighted by Gasteiger charge is -2.29. The summed E-state index contributed by atoms with van der Waals surface area (Å²) in [4.78, 5) is 32.1. The van der Waals surface area contributed by atoms with E-state index in [9.17, 15) is 9.59 Å². The number of aromatic nitrogens is 2. The van der Waals surface area contributed by atoms with Crippen LogP contribution in [0.15, 0.2) is 47.5 Å². The number of carbonyl (C=O) groups is 2. The normalized spacial score (nSPS) is 22.9. The van der Waals surface area contributed by atoms with Crippen molar-refractivity contribution < 1.29 is 9.59 Å². The Balaban J connectivity index is 1.24. The molecule has 30 heavy (non-hydrogen) atoms. The summed E-state index contributed by atoms with van der Waals surface area (Å²) < 4.78 is 0. The van der Waals surface area contributed by atoms with Crippen molar-refractivity contribution in [2.75, 3.05) is 11.9 Å². The van der Waals surface area contributed by atoms with Crippen LogP contribution in [0.5, 0.6) is 0 Å². The van der Waals surface area contributed by atoms with Crippen LogP contribution in [-0.2, 0) is 11.2 Å². The molecule has 7 nitrogen and oxygen atoms in total. The fourth-order valence-electron chi connectivity index (χ4n) is 3.77. The molecule has 1 aromatic heterocycles. The van der Waals surface area contributed by atoms with Gasteiger partial charge in [-0.05, 0) is 68.1 Å². The first-order valence-corrected chi connectivity index (χ1v) is 11.1. The molecule has 1 saturated carbocycles. The number of thioether (sulfide) groups is 1. The Kier molecular flexibility index (Phi) is 6.76. The average Bonchev–Trinajstić information content (AvgIpc) is 3.07. The van der Waals surface area contributed by atoms with Gasteiger partial charge in [0.1, 0.15) is 0 Å². The van der Waals surface area contributed by atoms with Gasteiger partial charge in [0.05, 0.1) is 10.6 Å². The second kappa shape index (κ2) is 9.86. The van der Waals surface area contributed by atoms with Crippen molar-refractivity contribution >= 4 is 34.9 Å². The second-order valence-corrected chi connectivity index (χ2v) is 8.55. The van der Waals surface area contributed by atoms with Crippen LogP contribution in [-0.4, -0.2) is 39.7 Å². The highest BCUT2D eigenvalue weighted by Gasteiger charge is 2.25. The number of rotatable bonds is 7. The Morgan fingerprint density at radius 3 is 2.57 bits per heavy atom. The van der Waals surface area contributed by atoms with Gasteiger partial charge in [-0.2, -0.15) is 0 Å². The molecule has 0 bridgehead atoms. The third-order valence-corrected chi connectivity index (χ3v) is 6.16. The number of carbonyl (C=O) groups excluding carboxylic acids is 2. The van der Waals surface area contributed by atoms with Crippen LogP contribution in [0, 0.1) is 0 Å². The molecule has 1 aliphatic carbocycles. The number of amides is 2. The zero-order valence-electron chi connectivity index (χ0n) is 16.6. The summed E-state index contributed by atoms with van der Waals surface area (Å²) in [6, 6.07) is 13.2. The molecule has 2 aliphatic rings. The van der Waals surface area contributed by atoms with E-state index >= 15 is 0 Å². The molecule has 1 aromatic carbocycles. The Labute approximate surface area is 180 Å². The Bertz CT molecular complexity index is 926. The highest BCUT2D eigenvalue weighted by Crippen LogP contribution is 2.25. The van der Waals surface area contributed by atoms with Crippen molar-refractivity contribution in [2.24, 2.45) is 0 Å². The monoisotopic (exact) mass is 423 g/mol. The Morgan fingerprint density at radius 2 is 1.83 bits per heavy atom. The first kappa shape index (κ1) is 20.6. The van der Waals surface area contributed by atoms with Gasteiger partial charge in [-0.15, -0.1) is 0 Å². The third kappa shape index (κ3) is 5.67. The van der Waals surface area contributed by atoms with Gasteiger partial charge in [0.2, 0.25) is 5.95 Å². The molecule has 0 atom stereocenters. The van der Waals surface area contributed by atoms with Crippen molar-refractivity contribution in [3.63, 3.8) is 0 Å². The Morgan fingerprint density at radius 1 is 1.07 bits per heavy atom. The fraction of sp³-hybridized carbons (Fsp3) is 0.364. The van der Waals surface area contributed by atoms with Crippen molar-refractivity contribution in [1.29, 1.82) is 0 Å². The first-order chi connectivity index (χ1) is 14.7. The highest BCUT2D eigenvalue weighted by atomic mass is 32.2. The van der Waals surface area contributed by atoms with E-state index in [4.69, 9.17) is 0 Å². The molecule has 0 radical (unpaired) electrons. The average molecular weight is 424 g/mol. The lowest BCUT2D eigenvalue weighted by molar-refractivity contribution is -0.115. The van der Waals surface area contributed by atoms with Crippen molar-refractivity contribution in [1.82, 2.24) is 20.6 Å². The van der Waals surface area contributed by atoms with Crippen molar-refractivity contribution in [2.45, 2.75) is 44.2 Å². The van der Waals surface area contributed by atoms with Crippen molar-refractivity contribution in [3.05, 3.63) is 58.8 Å². The van der Waals surface area contributed by atoms with E-state index in [2.05, 4.69) is 50.2 Å². The van der Waals surface area contributed by atoms with Gasteiger partial charge in [-0.25, -0.2) is 9.97 Å². The molecule has 0 spiro atoms. The van der Waals surface area contributed by atoms with Crippen LogP contribution in [0.25, 0.3) is 6.08 Å². The number of hydrogen-bond acceptors (Lipinski definition) is 7. The molecule has 1 aliphatic heterocycles. The summed E-state index contributed by atoms with van der Waals surface area (Å²) in [7, 11) is 0. The van der Waals surface area contributed by atoms with Crippen LogP contribution in [0.1, 0.15) is 36.9 Å². The summed E-state index contributed by atoms with van der Waals surface area (Å²) in [6.45, 7) is 1.00. The van der Waals surface area contributed by atoms with E-state index in [0.717, 1.165) is 50.4 Å². The smallest absolute Gasteiger partial charge is 0.290 e. The summed E-state index contributed by atoms with van der Waals surface area (Å²) in [5.74, 6) is 0.177. The topological polar surface area (TPSA) is 96.0 Å². The largest absolute Gasteiger partial charge is 0.351 e. The standard InChI is InChI=1S/C22H25N5O2S/c28-20-19(30-22(29)27-20)14-18-11-13-24-21(26-18)25-17-8-6-16(7-9-17)23-12-10-15-4-2-1-3-5-15/h1-5,11,13-14,16-17,23H,6-10,12H2,(H,24,25,26)(H,27,28,29)/b19-14-/t16-,17+. The molecule has 1 saturated heterocycles. The maximum atomic E-state index is 11.7. The lowest BCUT2D eigenvalue weighted by atomic mass is 9.91. The summed E-state index contributed by atoms with van der Waals surface area (Å²) in [5.41, 5.74) is 1.97. The number of anilines is 1. The quantitative estimate of drug-likeness (QED) is 0.588. The molecule has 8 heteroatoms. The summed E-state index contributed by atoms with van der Waals surface area (Å²) in [5, 5.41) is 8.99. The minimum Gasteiger partial charge on any atom is -0.351 e. The summed E-state index contributed by atoms with van der Waals surface area (Å²) in [6.07, 6.45) is 8.69. The zero-order valence-corrected chi connectivity index (χ0v) is 17.5. The number of nitrogens with one attached hydrogen (secondary N) is 3. The fourth-order valence-corrected chi connectivity index (χ4v) is 4.43. The second-order valence-electron chi connectivity index (χ2n) is 7.54. The van der Waals surface area contributed by atoms with E-state index < -0.39 is 0 Å². The minimum absolute atomic E-state index is 0.339. The van der Waals surface area contributed by atoms with Crippen LogP contribution in [0.3, 0.4) is 0 Å². The van der Waals surface area contributed by atoms with Gasteiger partial charge < -0.3 is 10.6 Å². The van der Waals surface area contributed by atoms with E-state index in [1.807, 2.05) is 6.07 Å². The van der Waals surface area contributed by atoms with E-state index in [-0.39, 0.29) is 11.1 Å². The predicted molar refractivity (Wildman–Crippen MR) is 119 cm³/mol. The first-order valence-electron chi connectivity index (χ1n) is 10.3. The maximum absolute atomic E-state index is 11.7. The molecular weight excluding hydrogens is 398 g/mol. The number of benzene rings is 1. The van der Waals surface area contributed by atoms with Gasteiger partial charge in [0.25, 0.3) is 11.1 Å². The molecule has 2 aromatic rings. The molecule has 2 fully saturated rings. The molecule has 2 heterocycles. The zero-order chi connectivity index (χ0) is 20.8. The van der Waals surface area contributed by atoms with E-state index in [1.54, 1.807) is 18.3 Å². The van der Waals surface area contributed by atoms with Crippen LogP contribution >= 0.6 is 11.8 Å². The number of hydrogen-bond donors (Lipinski definition) is 3. The highest BCUT2D eigenvalue weighted by molar-refractivity contribution is 8.18. The van der Waals surface area contributed by atoms with Crippen LogP contribution in [0.2, 0.25) is 0 Å². The van der Waals surface area contributed by atoms with Gasteiger partial charge in [-0.3, -0.25) is 14.9 Å². The minimum atomic E-state index is -0.379. The number of nitrogens with zero attached hydrogens (tertiary/aromatic N) is 2. The number of imide groups is 1. The van der Waals surface area contributed by atoms with Gasteiger partial charge >= 0.3 is 0 Å². The van der Waals surface area contributed by atoms with Crippen LogP contribution < -0.4 is 16.0 Å². The van der Waals surface area contributed by atoms with Gasteiger partial charge in [0, 0.05) is 18.3 Å². The summed E-state index contributed by atoms with van der Waals surface area (Å²) >= 11 is 0.889. The lowest BCUT2D eigenvalue weighted by Crippen LogP contribution is -2.38. The van der Waals surface area contributed by atoms with E-state index in [0.29, 0.717) is 28.6 Å². The van der Waals surface area contributed by atoms with Gasteiger partial charge in [-0.1, -0.05) is 30.3 Å². The molecule has 3 N–H and O–H groups in total. The molecular formula is C22H25N5O2S. The van der Waals surface area contributed by atoms with E-state index in [1.165, 1.54) is 5.56 Å². The molecule has 4 rings (SSSR count).